The smallest absolute Gasteiger partial charge is 0.109 e. The molecule has 55 heavy (non-hydrogen) atoms. The van der Waals surface area contributed by atoms with E-state index in [2.05, 4.69) is 231 Å². The lowest BCUT2D eigenvalue weighted by molar-refractivity contribution is 1.19. The van der Waals surface area contributed by atoms with Crippen LogP contribution in [0.2, 0.25) is 0 Å². The zero-order chi connectivity index (χ0) is 37.1. The topological polar surface area (TPSA) is 0 Å². The molecule has 0 spiro atoms. The molecular formula is C52H41ClP2+2. The molecule has 0 radical (unpaired) electrons. The average molecular weight is 763 g/mol. The summed E-state index contributed by atoms with van der Waals surface area (Å²) in [5.74, 6) is 0. The number of hydrogen-bond acceptors (Lipinski definition) is 0. The van der Waals surface area contributed by atoms with E-state index in [0.29, 0.717) is 0 Å². The number of rotatable bonds is 9. The molecule has 0 heterocycles. The van der Waals surface area contributed by atoms with Crippen LogP contribution in [0.4, 0.5) is 0 Å². The summed E-state index contributed by atoms with van der Waals surface area (Å²) in [6.45, 7) is 0. The van der Waals surface area contributed by atoms with Crippen molar-refractivity contribution in [3.8, 4) is 11.1 Å². The first-order chi connectivity index (χ1) is 27.2. The summed E-state index contributed by atoms with van der Waals surface area (Å²) in [7, 11) is -5.07. The summed E-state index contributed by atoms with van der Waals surface area (Å²) in [5.41, 5.74) is 6.17. The Kier molecular flexibility index (Phi) is 9.91. The van der Waals surface area contributed by atoms with E-state index in [1.165, 1.54) is 59.4 Å². The molecule has 0 nitrogen and oxygen atoms in total. The van der Waals surface area contributed by atoms with E-state index in [0.717, 1.165) is 11.7 Å². The number of allylic oxidation sites excluding steroid dienone is 2. The highest BCUT2D eigenvalue weighted by Gasteiger charge is 2.57. The van der Waals surface area contributed by atoms with Crippen molar-refractivity contribution in [2.75, 3.05) is 6.16 Å². The Hall–Kier alpha value is -5.35. The molecule has 0 bridgehead atoms. The molecule has 0 N–H and O–H groups in total. The fourth-order valence-corrected chi connectivity index (χ4v) is 18.6. The summed E-state index contributed by atoms with van der Waals surface area (Å²) in [5, 5.41) is 8.84. The molecular weight excluding hydrogens is 722 g/mol. The lowest BCUT2D eigenvalue weighted by Crippen LogP contribution is -2.36. The standard InChI is InChI=1S/C52H41ClP2/c53-51-49-38-22-21-36-47(49)46-35-19-20-37-48(46)50(39-54(40-23-7-1-8-24-40,41-25-9-2-10-26-41)42-27-11-3-12-28-42)52(51)55(43-29-13-4-14-30-43,44-31-15-5-16-32-44)45-33-17-6-18-34-45/h1-38,51H,39H2/q+2. The maximum atomic E-state index is 8.39. The number of alkyl halides is 1. The van der Waals surface area contributed by atoms with Crippen molar-refractivity contribution in [2.24, 2.45) is 0 Å². The molecule has 0 aromatic heterocycles. The highest BCUT2D eigenvalue weighted by Crippen LogP contribution is 2.72. The van der Waals surface area contributed by atoms with Gasteiger partial charge < -0.3 is 0 Å². The summed E-state index contributed by atoms with van der Waals surface area (Å²) in [6, 6.07) is 85.4. The second kappa shape index (κ2) is 15.4. The van der Waals surface area contributed by atoms with Gasteiger partial charge in [-0.2, -0.15) is 0 Å². The molecule has 1 aliphatic carbocycles. The predicted molar refractivity (Wildman–Crippen MR) is 243 cm³/mol. The van der Waals surface area contributed by atoms with E-state index >= 15 is 0 Å². The van der Waals surface area contributed by atoms with Gasteiger partial charge in [0.2, 0.25) is 0 Å². The Morgan fingerprint density at radius 2 is 0.636 bits per heavy atom. The van der Waals surface area contributed by atoms with Gasteiger partial charge in [0.1, 0.15) is 63.2 Å². The number of fused-ring (bicyclic) bond motifs is 3. The van der Waals surface area contributed by atoms with Crippen LogP contribution < -0.4 is 31.8 Å². The zero-order valence-electron chi connectivity index (χ0n) is 30.5. The lowest BCUT2D eigenvalue weighted by atomic mass is 9.95. The molecule has 3 heteroatoms. The SMILES string of the molecule is ClC1C([P+](c2ccccc2)(c2ccccc2)c2ccccc2)=C(C[P+](c2ccccc2)(c2ccccc2)c2ccccc2)c2ccccc2-c2ccccc21. The first-order valence-electron chi connectivity index (χ1n) is 18.9. The molecule has 8 aromatic carbocycles. The quantitative estimate of drug-likeness (QED) is 0.101. The number of hydrogen-bond donors (Lipinski definition) is 0. The molecule has 0 saturated heterocycles. The van der Waals surface area contributed by atoms with Gasteiger partial charge >= 0.3 is 0 Å². The van der Waals surface area contributed by atoms with Crippen LogP contribution in [0.5, 0.6) is 0 Å². The van der Waals surface area contributed by atoms with Crippen molar-refractivity contribution < 1.29 is 0 Å². The minimum absolute atomic E-state index is 0.420. The minimum Gasteiger partial charge on any atom is -0.109 e. The van der Waals surface area contributed by atoms with Crippen LogP contribution in [0.25, 0.3) is 16.7 Å². The Balaban J connectivity index is 1.52. The third-order valence-corrected chi connectivity index (χ3v) is 20.5. The van der Waals surface area contributed by atoms with E-state index in [9.17, 15) is 0 Å². The van der Waals surface area contributed by atoms with E-state index in [1.807, 2.05) is 0 Å². The summed E-state index contributed by atoms with van der Waals surface area (Å²) < 4.78 is 0. The second-order valence-electron chi connectivity index (χ2n) is 14.0. The summed E-state index contributed by atoms with van der Waals surface area (Å²) in [6.07, 6.45) is 0.794. The van der Waals surface area contributed by atoms with Crippen LogP contribution in [-0.2, 0) is 0 Å². The maximum Gasteiger partial charge on any atom is 0.142 e. The Labute approximate surface area is 331 Å². The second-order valence-corrected chi connectivity index (χ2v) is 21.3. The number of benzene rings is 8. The van der Waals surface area contributed by atoms with Crippen molar-refractivity contribution in [3.63, 3.8) is 0 Å². The molecule has 8 aromatic rings. The fourth-order valence-electron chi connectivity index (χ4n) is 8.75. The van der Waals surface area contributed by atoms with Gasteiger partial charge in [0.15, 0.2) is 0 Å². The van der Waals surface area contributed by atoms with Crippen molar-refractivity contribution in [1.82, 2.24) is 0 Å². The highest BCUT2D eigenvalue weighted by molar-refractivity contribution is 7.99. The first-order valence-corrected chi connectivity index (χ1v) is 23.1. The third-order valence-electron chi connectivity index (χ3n) is 11.1. The van der Waals surface area contributed by atoms with Crippen LogP contribution >= 0.6 is 26.1 Å². The molecule has 1 aliphatic rings. The summed E-state index contributed by atoms with van der Waals surface area (Å²) >= 11 is 8.39. The first kappa shape index (κ1) is 35.4. The fraction of sp³-hybridized carbons (Fsp3) is 0.0385. The molecule has 0 saturated carbocycles. The molecule has 264 valence electrons. The monoisotopic (exact) mass is 762 g/mol. The molecule has 1 unspecified atom stereocenters. The van der Waals surface area contributed by atoms with Gasteiger partial charge in [-0.3, -0.25) is 0 Å². The van der Waals surface area contributed by atoms with Crippen molar-refractivity contribution in [3.05, 3.63) is 247 Å². The van der Waals surface area contributed by atoms with Gasteiger partial charge in [0.05, 0.1) is 0 Å². The van der Waals surface area contributed by atoms with Gasteiger partial charge in [-0.25, -0.2) is 0 Å². The molecule has 9 rings (SSSR count). The van der Waals surface area contributed by atoms with Gasteiger partial charge in [-0.05, 0) is 95.1 Å². The lowest BCUT2D eigenvalue weighted by Gasteiger charge is -2.35. The molecule has 0 fully saturated rings. The zero-order valence-corrected chi connectivity index (χ0v) is 33.0. The van der Waals surface area contributed by atoms with Crippen LogP contribution in [0.3, 0.4) is 0 Å². The van der Waals surface area contributed by atoms with Crippen LogP contribution in [-0.4, -0.2) is 6.16 Å². The van der Waals surface area contributed by atoms with Crippen molar-refractivity contribution in [2.45, 2.75) is 5.38 Å². The average Bonchev–Trinajstić information content (AvgIpc) is 3.37. The van der Waals surface area contributed by atoms with Crippen LogP contribution in [0, 0.1) is 0 Å². The van der Waals surface area contributed by atoms with Gasteiger partial charge in [-0.15, -0.1) is 11.6 Å². The van der Waals surface area contributed by atoms with Gasteiger partial charge in [0.25, 0.3) is 0 Å². The van der Waals surface area contributed by atoms with Crippen molar-refractivity contribution in [1.29, 1.82) is 0 Å². The van der Waals surface area contributed by atoms with E-state index in [-0.39, 0.29) is 0 Å². The third kappa shape index (κ3) is 6.11. The maximum absolute atomic E-state index is 8.39. The molecule has 0 aliphatic heterocycles. The highest BCUT2D eigenvalue weighted by atomic mass is 35.5. The van der Waals surface area contributed by atoms with E-state index in [4.69, 9.17) is 11.6 Å². The van der Waals surface area contributed by atoms with E-state index < -0.39 is 19.9 Å². The Morgan fingerprint density at radius 3 is 1.04 bits per heavy atom. The van der Waals surface area contributed by atoms with Gasteiger partial charge in [-0.1, -0.05) is 158 Å². The van der Waals surface area contributed by atoms with Gasteiger partial charge in [0, 0.05) is 5.57 Å². The molecule has 1 atom stereocenters. The van der Waals surface area contributed by atoms with Crippen LogP contribution in [0.1, 0.15) is 16.5 Å². The Bertz CT molecular complexity index is 2360. The largest absolute Gasteiger partial charge is 0.142 e. The Morgan fingerprint density at radius 1 is 0.327 bits per heavy atom. The van der Waals surface area contributed by atoms with E-state index in [1.54, 1.807) is 0 Å². The molecule has 0 amide bonds. The minimum atomic E-state index is -2.68. The summed E-state index contributed by atoms with van der Waals surface area (Å²) in [4.78, 5) is 0. The number of halogens is 1. The van der Waals surface area contributed by atoms with Crippen molar-refractivity contribution >= 4 is 63.5 Å². The van der Waals surface area contributed by atoms with Crippen LogP contribution in [0.15, 0.2) is 236 Å². The normalized spacial score (nSPS) is 14.1. The predicted octanol–water partition coefficient (Wildman–Crippen LogP) is 11.3.